The summed E-state index contributed by atoms with van der Waals surface area (Å²) in [6.07, 6.45) is 0.976. The lowest BCUT2D eigenvalue weighted by molar-refractivity contribution is 0.469. The first kappa shape index (κ1) is 10.4. The van der Waals surface area contributed by atoms with Gasteiger partial charge >= 0.3 is 0 Å². The molecule has 0 spiro atoms. The number of aliphatic imine (C=N–C) groups is 1. The van der Waals surface area contributed by atoms with Gasteiger partial charge in [0.2, 0.25) is 0 Å². The molecule has 0 amide bonds. The molecule has 2 heterocycles. The minimum atomic E-state index is 0.403. The van der Waals surface area contributed by atoms with E-state index < -0.39 is 0 Å². The molecule has 0 N–H and O–H groups in total. The molecule has 0 aromatic heterocycles. The van der Waals surface area contributed by atoms with E-state index in [9.17, 15) is 0 Å². The van der Waals surface area contributed by atoms with Gasteiger partial charge in [-0.3, -0.25) is 4.99 Å². The summed E-state index contributed by atoms with van der Waals surface area (Å²) in [5.74, 6) is 1.63. The Labute approximate surface area is 105 Å². The number of benzene rings is 1. The van der Waals surface area contributed by atoms with Crippen molar-refractivity contribution in [2.45, 2.75) is 12.3 Å². The van der Waals surface area contributed by atoms with Gasteiger partial charge in [0.05, 0.1) is 12.4 Å². The maximum atomic E-state index is 6.22. The van der Waals surface area contributed by atoms with Gasteiger partial charge in [-0.25, -0.2) is 0 Å². The van der Waals surface area contributed by atoms with Crippen LogP contribution in [0.4, 0.5) is 0 Å². The van der Waals surface area contributed by atoms with Gasteiger partial charge in [0.25, 0.3) is 0 Å². The lowest BCUT2D eigenvalue weighted by Crippen LogP contribution is -2.21. The molecule has 4 heteroatoms. The molecule has 2 aliphatic rings. The normalized spacial score (nSPS) is 23.5. The molecule has 1 aromatic carbocycles. The summed E-state index contributed by atoms with van der Waals surface area (Å²) >= 11 is 12.4. The molecular formula is C12H12Cl2N2. The Balaban J connectivity index is 1.94. The third kappa shape index (κ3) is 1.61. The predicted octanol–water partition coefficient (Wildman–Crippen LogP) is 3.19. The first-order valence-corrected chi connectivity index (χ1v) is 6.23. The molecule has 0 aliphatic carbocycles. The number of hydrogen-bond donors (Lipinski definition) is 0. The molecule has 84 valence electrons. The number of rotatable bonds is 1. The molecule has 1 fully saturated rings. The fourth-order valence-electron chi connectivity index (χ4n) is 2.56. The molecule has 1 atom stereocenters. The summed E-state index contributed by atoms with van der Waals surface area (Å²) in [6.45, 7) is 2.99. The van der Waals surface area contributed by atoms with Crippen LogP contribution in [0.25, 0.3) is 0 Å². The van der Waals surface area contributed by atoms with E-state index in [0.29, 0.717) is 5.92 Å². The summed E-state index contributed by atoms with van der Waals surface area (Å²) in [6, 6.07) is 5.71. The lowest BCUT2D eigenvalue weighted by atomic mass is 9.98. The maximum absolute atomic E-state index is 6.22. The van der Waals surface area contributed by atoms with Gasteiger partial charge in [-0.15, -0.1) is 0 Å². The zero-order chi connectivity index (χ0) is 11.1. The minimum absolute atomic E-state index is 0.403. The molecule has 16 heavy (non-hydrogen) atoms. The Kier molecular flexibility index (Phi) is 2.56. The van der Waals surface area contributed by atoms with Crippen LogP contribution < -0.4 is 0 Å². The maximum Gasteiger partial charge on any atom is 0.0997 e. The quantitative estimate of drug-likeness (QED) is 0.752. The van der Waals surface area contributed by atoms with Crippen LogP contribution in [0.2, 0.25) is 10.0 Å². The zero-order valence-electron chi connectivity index (χ0n) is 8.79. The van der Waals surface area contributed by atoms with Crippen molar-refractivity contribution in [3.63, 3.8) is 0 Å². The third-order valence-electron chi connectivity index (χ3n) is 3.31. The Hall–Kier alpha value is -0.730. The highest BCUT2D eigenvalue weighted by Crippen LogP contribution is 2.38. The summed E-state index contributed by atoms with van der Waals surface area (Å²) in [5, 5.41) is 1.55. The number of halogens is 2. The standard InChI is InChI=1S/C12H12Cl2N2/c13-9-2-1-3-10(14)12(9)8-6-11-15-4-5-16(11)7-8/h1-3,8H,4-7H2. The zero-order valence-corrected chi connectivity index (χ0v) is 10.3. The van der Waals surface area contributed by atoms with Crippen molar-refractivity contribution in [2.24, 2.45) is 4.99 Å². The SMILES string of the molecule is Clc1cccc(Cl)c1C1CC2=NCCN2C1. The summed E-state index contributed by atoms with van der Waals surface area (Å²) in [7, 11) is 0. The first-order chi connectivity index (χ1) is 7.75. The summed E-state index contributed by atoms with van der Waals surface area (Å²) in [4.78, 5) is 6.83. The topological polar surface area (TPSA) is 15.6 Å². The number of amidine groups is 1. The van der Waals surface area contributed by atoms with Crippen LogP contribution in [-0.2, 0) is 0 Å². The Morgan fingerprint density at radius 2 is 2.00 bits per heavy atom. The van der Waals surface area contributed by atoms with Crippen molar-refractivity contribution in [3.8, 4) is 0 Å². The molecule has 1 saturated heterocycles. The lowest BCUT2D eigenvalue weighted by Gasteiger charge is -2.15. The largest absolute Gasteiger partial charge is 0.358 e. The number of fused-ring (bicyclic) bond motifs is 1. The number of nitrogens with zero attached hydrogens (tertiary/aromatic N) is 2. The summed E-state index contributed by atoms with van der Waals surface area (Å²) in [5.41, 5.74) is 1.09. The van der Waals surface area contributed by atoms with Gasteiger partial charge in [0, 0.05) is 35.5 Å². The van der Waals surface area contributed by atoms with E-state index in [2.05, 4.69) is 9.89 Å². The van der Waals surface area contributed by atoms with Crippen molar-refractivity contribution in [2.75, 3.05) is 19.6 Å². The van der Waals surface area contributed by atoms with Crippen molar-refractivity contribution in [1.82, 2.24) is 4.90 Å². The summed E-state index contributed by atoms with van der Waals surface area (Å²) < 4.78 is 0. The van der Waals surface area contributed by atoms with Crippen molar-refractivity contribution < 1.29 is 0 Å². The third-order valence-corrected chi connectivity index (χ3v) is 3.97. The van der Waals surface area contributed by atoms with Crippen LogP contribution in [-0.4, -0.2) is 30.4 Å². The second kappa shape index (κ2) is 3.94. The highest BCUT2D eigenvalue weighted by atomic mass is 35.5. The smallest absolute Gasteiger partial charge is 0.0997 e. The van der Waals surface area contributed by atoms with Crippen molar-refractivity contribution in [3.05, 3.63) is 33.8 Å². The van der Waals surface area contributed by atoms with Crippen LogP contribution in [0.15, 0.2) is 23.2 Å². The van der Waals surface area contributed by atoms with Gasteiger partial charge in [0.15, 0.2) is 0 Å². The van der Waals surface area contributed by atoms with Crippen molar-refractivity contribution in [1.29, 1.82) is 0 Å². The average Bonchev–Trinajstić information content (AvgIpc) is 2.77. The molecule has 1 aromatic rings. The van der Waals surface area contributed by atoms with Crippen LogP contribution in [0.3, 0.4) is 0 Å². The van der Waals surface area contributed by atoms with Gasteiger partial charge in [-0.1, -0.05) is 29.3 Å². The van der Waals surface area contributed by atoms with Crippen LogP contribution in [0.5, 0.6) is 0 Å². The van der Waals surface area contributed by atoms with Crippen molar-refractivity contribution >= 4 is 29.0 Å². The fourth-order valence-corrected chi connectivity index (χ4v) is 3.27. The van der Waals surface area contributed by atoms with E-state index in [1.54, 1.807) is 0 Å². The van der Waals surface area contributed by atoms with E-state index in [0.717, 1.165) is 41.7 Å². The molecule has 0 bridgehead atoms. The van der Waals surface area contributed by atoms with E-state index in [1.807, 2.05) is 18.2 Å². The second-order valence-corrected chi connectivity index (χ2v) is 5.09. The second-order valence-electron chi connectivity index (χ2n) is 4.28. The number of hydrogen-bond acceptors (Lipinski definition) is 2. The van der Waals surface area contributed by atoms with E-state index in [1.165, 1.54) is 5.84 Å². The van der Waals surface area contributed by atoms with Crippen LogP contribution in [0.1, 0.15) is 17.9 Å². The van der Waals surface area contributed by atoms with E-state index >= 15 is 0 Å². The molecule has 1 unspecified atom stereocenters. The highest BCUT2D eigenvalue weighted by Gasteiger charge is 2.33. The Bertz CT molecular complexity index is 436. The molecule has 0 radical (unpaired) electrons. The monoisotopic (exact) mass is 254 g/mol. The molecule has 2 nitrogen and oxygen atoms in total. The van der Waals surface area contributed by atoms with Gasteiger partial charge in [0.1, 0.15) is 0 Å². The molecule has 3 rings (SSSR count). The van der Waals surface area contributed by atoms with E-state index in [-0.39, 0.29) is 0 Å². The van der Waals surface area contributed by atoms with Gasteiger partial charge < -0.3 is 4.90 Å². The molecule has 0 saturated carbocycles. The fraction of sp³-hybridized carbons (Fsp3) is 0.417. The predicted molar refractivity (Wildman–Crippen MR) is 67.7 cm³/mol. The van der Waals surface area contributed by atoms with Gasteiger partial charge in [-0.2, -0.15) is 0 Å². The van der Waals surface area contributed by atoms with E-state index in [4.69, 9.17) is 23.2 Å². The Morgan fingerprint density at radius 3 is 2.69 bits per heavy atom. The minimum Gasteiger partial charge on any atom is -0.358 e. The van der Waals surface area contributed by atoms with Gasteiger partial charge in [-0.05, 0) is 17.7 Å². The average molecular weight is 255 g/mol. The molecular weight excluding hydrogens is 243 g/mol. The van der Waals surface area contributed by atoms with Crippen LogP contribution >= 0.6 is 23.2 Å². The van der Waals surface area contributed by atoms with Crippen LogP contribution in [0, 0.1) is 0 Å². The highest BCUT2D eigenvalue weighted by molar-refractivity contribution is 6.36. The Morgan fingerprint density at radius 1 is 1.25 bits per heavy atom. The molecule has 2 aliphatic heterocycles. The first-order valence-electron chi connectivity index (χ1n) is 5.48.